The third-order valence-electron chi connectivity index (χ3n) is 3.66. The Kier molecular flexibility index (Phi) is 5.69. The first-order valence-electron chi connectivity index (χ1n) is 7.09. The first-order chi connectivity index (χ1) is 10.5. The summed E-state index contributed by atoms with van der Waals surface area (Å²) >= 11 is 3.40. The maximum Gasteiger partial charge on any atom is 0.282 e. The number of quaternary nitrogens is 1. The molecule has 2 N–H and O–H groups in total. The summed E-state index contributed by atoms with van der Waals surface area (Å²) < 4.78 is 14.6. The summed E-state index contributed by atoms with van der Waals surface area (Å²) in [4.78, 5) is 13.3. The largest absolute Gasteiger partial charge is 0.324 e. The Hall–Kier alpha value is -1.72. The Morgan fingerprint density at radius 2 is 1.86 bits per heavy atom. The maximum atomic E-state index is 13.6. The Morgan fingerprint density at radius 1 is 1.23 bits per heavy atom. The summed E-state index contributed by atoms with van der Waals surface area (Å²) in [5.74, 6) is -0.617. The number of carbonyl (C=O) groups excluding carboxylic acids is 1. The molecule has 22 heavy (non-hydrogen) atoms. The van der Waals surface area contributed by atoms with E-state index >= 15 is 0 Å². The molecule has 3 nitrogen and oxygen atoms in total. The van der Waals surface area contributed by atoms with Crippen molar-refractivity contribution in [1.29, 1.82) is 0 Å². The molecule has 0 spiro atoms. The van der Waals surface area contributed by atoms with Crippen molar-refractivity contribution in [2.24, 2.45) is 0 Å². The molecule has 116 valence electrons. The predicted octanol–water partition coefficient (Wildman–Crippen LogP) is 2.63. The fourth-order valence-corrected chi connectivity index (χ4v) is 2.37. The van der Waals surface area contributed by atoms with Gasteiger partial charge in [-0.3, -0.25) is 4.79 Å². The number of carbonyl (C=O) groups is 1. The van der Waals surface area contributed by atoms with Gasteiger partial charge in [0.1, 0.15) is 12.4 Å². The number of hydrogen-bond acceptors (Lipinski definition) is 1. The number of hydrogen-bond donors (Lipinski definition) is 2. The lowest BCUT2D eigenvalue weighted by Crippen LogP contribution is -3.12. The third-order valence-corrected chi connectivity index (χ3v) is 4.19. The van der Waals surface area contributed by atoms with E-state index in [2.05, 4.69) is 21.2 Å². The Labute approximate surface area is 138 Å². The van der Waals surface area contributed by atoms with Crippen molar-refractivity contribution in [3.8, 4) is 0 Å². The monoisotopic (exact) mass is 365 g/mol. The molecule has 2 aromatic rings. The highest BCUT2D eigenvalue weighted by atomic mass is 79.9. The van der Waals surface area contributed by atoms with Gasteiger partial charge in [-0.05, 0) is 31.2 Å². The molecule has 0 aliphatic carbocycles. The van der Waals surface area contributed by atoms with Gasteiger partial charge < -0.3 is 10.2 Å². The lowest BCUT2D eigenvalue weighted by Gasteiger charge is -2.21. The van der Waals surface area contributed by atoms with Crippen LogP contribution in [0.25, 0.3) is 0 Å². The van der Waals surface area contributed by atoms with Crippen LogP contribution in [0.5, 0.6) is 0 Å². The molecule has 1 unspecified atom stereocenters. The molecule has 0 aromatic heterocycles. The SMILES string of the molecule is C[C@@H](C(=O)Nc1ccccc1F)[NH+](C)Cc1ccc(Br)cc1. The van der Waals surface area contributed by atoms with Crippen molar-refractivity contribution >= 4 is 27.5 Å². The molecule has 1 amide bonds. The topological polar surface area (TPSA) is 33.5 Å². The van der Waals surface area contributed by atoms with Gasteiger partial charge in [0.25, 0.3) is 5.91 Å². The molecule has 0 radical (unpaired) electrons. The number of anilines is 1. The first kappa shape index (κ1) is 16.6. The molecular weight excluding hydrogens is 347 g/mol. The second kappa shape index (κ2) is 7.51. The van der Waals surface area contributed by atoms with Crippen LogP contribution in [-0.4, -0.2) is 19.0 Å². The van der Waals surface area contributed by atoms with Gasteiger partial charge in [0.05, 0.1) is 12.7 Å². The highest BCUT2D eigenvalue weighted by Gasteiger charge is 2.22. The molecule has 2 aromatic carbocycles. The number of amides is 1. The molecule has 2 atom stereocenters. The number of para-hydroxylation sites is 1. The molecular formula is C17H19BrFN2O+. The number of likely N-dealkylation sites (N-methyl/N-ethyl adjacent to an activating group) is 1. The number of rotatable bonds is 5. The second-order valence-corrected chi connectivity index (χ2v) is 6.26. The molecule has 5 heteroatoms. The minimum atomic E-state index is -0.423. The predicted molar refractivity (Wildman–Crippen MR) is 89.2 cm³/mol. The van der Waals surface area contributed by atoms with E-state index in [1.807, 2.05) is 38.2 Å². The van der Waals surface area contributed by atoms with Crippen LogP contribution in [0.3, 0.4) is 0 Å². The van der Waals surface area contributed by atoms with Crippen LogP contribution >= 0.6 is 15.9 Å². The van der Waals surface area contributed by atoms with Crippen molar-refractivity contribution in [2.75, 3.05) is 12.4 Å². The van der Waals surface area contributed by atoms with Crippen LogP contribution in [-0.2, 0) is 11.3 Å². The quantitative estimate of drug-likeness (QED) is 0.838. The van der Waals surface area contributed by atoms with Gasteiger partial charge in [-0.2, -0.15) is 0 Å². The zero-order chi connectivity index (χ0) is 16.1. The molecule has 0 bridgehead atoms. The summed E-state index contributed by atoms with van der Waals surface area (Å²) in [5, 5.41) is 2.64. The van der Waals surface area contributed by atoms with Crippen LogP contribution in [0.2, 0.25) is 0 Å². The average molecular weight is 366 g/mol. The standard InChI is InChI=1S/C17H18BrFN2O/c1-12(17(22)20-16-6-4-3-5-15(16)19)21(2)11-13-7-9-14(18)10-8-13/h3-10,12H,11H2,1-2H3,(H,20,22)/p+1/t12-/m0/s1. The number of benzene rings is 2. The van der Waals surface area contributed by atoms with Gasteiger partial charge in [-0.1, -0.05) is 40.2 Å². The number of nitrogens with one attached hydrogen (secondary N) is 2. The van der Waals surface area contributed by atoms with Crippen molar-refractivity contribution in [2.45, 2.75) is 19.5 Å². The Balaban J connectivity index is 1.97. The van der Waals surface area contributed by atoms with Crippen LogP contribution in [0.1, 0.15) is 12.5 Å². The van der Waals surface area contributed by atoms with Gasteiger partial charge in [0.15, 0.2) is 6.04 Å². The summed E-state index contributed by atoms with van der Waals surface area (Å²) in [7, 11) is 1.95. The second-order valence-electron chi connectivity index (χ2n) is 5.34. The third kappa shape index (κ3) is 4.39. The highest BCUT2D eigenvalue weighted by molar-refractivity contribution is 9.10. The number of halogens is 2. The van der Waals surface area contributed by atoms with Crippen molar-refractivity contribution in [3.05, 3.63) is 64.4 Å². The first-order valence-corrected chi connectivity index (χ1v) is 7.89. The van der Waals surface area contributed by atoms with Gasteiger partial charge >= 0.3 is 0 Å². The van der Waals surface area contributed by atoms with Crippen LogP contribution in [0.15, 0.2) is 53.0 Å². The van der Waals surface area contributed by atoms with E-state index in [4.69, 9.17) is 0 Å². The van der Waals surface area contributed by atoms with Gasteiger partial charge in [-0.15, -0.1) is 0 Å². The van der Waals surface area contributed by atoms with E-state index in [0.29, 0.717) is 0 Å². The van der Waals surface area contributed by atoms with Crippen LogP contribution in [0, 0.1) is 5.82 Å². The summed E-state index contributed by atoms with van der Waals surface area (Å²) in [5.41, 5.74) is 1.36. The van der Waals surface area contributed by atoms with E-state index in [9.17, 15) is 9.18 Å². The van der Waals surface area contributed by atoms with Gasteiger partial charge in [-0.25, -0.2) is 4.39 Å². The molecule has 0 heterocycles. The molecule has 2 rings (SSSR count). The van der Waals surface area contributed by atoms with Crippen LogP contribution < -0.4 is 10.2 Å². The van der Waals surface area contributed by atoms with Gasteiger partial charge in [0, 0.05) is 10.0 Å². The minimum Gasteiger partial charge on any atom is -0.324 e. The minimum absolute atomic E-state index is 0.195. The van der Waals surface area contributed by atoms with E-state index in [-0.39, 0.29) is 17.6 Å². The van der Waals surface area contributed by atoms with E-state index in [1.165, 1.54) is 6.07 Å². The summed E-state index contributed by atoms with van der Waals surface area (Å²) in [6.45, 7) is 2.56. The van der Waals surface area contributed by atoms with Gasteiger partial charge in [0.2, 0.25) is 0 Å². The fourth-order valence-electron chi connectivity index (χ4n) is 2.10. The normalized spacial score (nSPS) is 13.5. The lowest BCUT2D eigenvalue weighted by molar-refractivity contribution is -0.907. The highest BCUT2D eigenvalue weighted by Crippen LogP contribution is 2.12. The maximum absolute atomic E-state index is 13.6. The molecule has 0 aliphatic rings. The smallest absolute Gasteiger partial charge is 0.282 e. The molecule has 0 saturated carbocycles. The Bertz CT molecular complexity index is 645. The van der Waals surface area contributed by atoms with E-state index in [1.54, 1.807) is 18.2 Å². The molecule has 0 fully saturated rings. The van der Waals surface area contributed by atoms with Crippen molar-refractivity contribution in [3.63, 3.8) is 0 Å². The van der Waals surface area contributed by atoms with Crippen LogP contribution in [0.4, 0.5) is 10.1 Å². The van der Waals surface area contributed by atoms with E-state index in [0.717, 1.165) is 21.5 Å². The summed E-state index contributed by atoms with van der Waals surface area (Å²) in [6.07, 6.45) is 0. The molecule has 0 saturated heterocycles. The fraction of sp³-hybridized carbons (Fsp3) is 0.235. The lowest BCUT2D eigenvalue weighted by atomic mass is 10.2. The average Bonchev–Trinajstić information content (AvgIpc) is 2.51. The zero-order valence-corrected chi connectivity index (χ0v) is 14.2. The van der Waals surface area contributed by atoms with Crippen molar-refractivity contribution < 1.29 is 14.1 Å². The molecule has 0 aliphatic heterocycles. The van der Waals surface area contributed by atoms with E-state index < -0.39 is 5.82 Å². The summed E-state index contributed by atoms with van der Waals surface area (Å²) in [6, 6.07) is 13.9. The van der Waals surface area contributed by atoms with Crippen molar-refractivity contribution in [1.82, 2.24) is 0 Å². The Morgan fingerprint density at radius 3 is 2.50 bits per heavy atom. The zero-order valence-electron chi connectivity index (χ0n) is 12.6.